The maximum atomic E-state index is 11.8. The fraction of sp³-hybridized carbons (Fsp3) is 0.222. The molecule has 0 saturated carbocycles. The minimum Gasteiger partial charge on any atom is -0.507 e. The fourth-order valence-corrected chi connectivity index (χ4v) is 2.15. The van der Waals surface area contributed by atoms with E-state index in [1.807, 2.05) is 39.0 Å². The molecule has 0 radical (unpaired) electrons. The van der Waals surface area contributed by atoms with Gasteiger partial charge in [0.2, 0.25) is 0 Å². The molecule has 2 N–H and O–H groups in total. The van der Waals surface area contributed by atoms with Gasteiger partial charge in [-0.1, -0.05) is 29.8 Å². The first kappa shape index (κ1) is 16.5. The number of aromatic hydroxyl groups is 1. The number of para-hydroxylation sites is 1. The Morgan fingerprint density at radius 2 is 1.91 bits per heavy atom. The number of hydrogen-bond donors (Lipinski definition) is 2. The molecule has 0 aliphatic rings. The zero-order chi connectivity index (χ0) is 16.8. The highest BCUT2D eigenvalue weighted by Gasteiger charge is 2.06. The lowest BCUT2D eigenvalue weighted by atomic mass is 10.1. The van der Waals surface area contributed by atoms with E-state index < -0.39 is 0 Å². The monoisotopic (exact) mass is 312 g/mol. The molecule has 0 spiro atoms. The van der Waals surface area contributed by atoms with Gasteiger partial charge < -0.3 is 9.84 Å². The second-order valence-electron chi connectivity index (χ2n) is 5.37. The summed E-state index contributed by atoms with van der Waals surface area (Å²) >= 11 is 0. The van der Waals surface area contributed by atoms with E-state index in [0.29, 0.717) is 11.3 Å². The summed E-state index contributed by atoms with van der Waals surface area (Å²) in [4.78, 5) is 11.8. The molecule has 0 bridgehead atoms. The summed E-state index contributed by atoms with van der Waals surface area (Å²) in [5.74, 6) is 0.458. The van der Waals surface area contributed by atoms with Gasteiger partial charge >= 0.3 is 0 Å². The smallest absolute Gasteiger partial charge is 0.277 e. The Labute approximate surface area is 135 Å². The van der Waals surface area contributed by atoms with E-state index in [-0.39, 0.29) is 18.3 Å². The van der Waals surface area contributed by atoms with Gasteiger partial charge in [-0.15, -0.1) is 0 Å². The van der Waals surface area contributed by atoms with E-state index in [0.717, 1.165) is 16.7 Å². The van der Waals surface area contributed by atoms with Crippen LogP contribution in [0.15, 0.2) is 41.5 Å². The number of phenols is 1. The maximum absolute atomic E-state index is 11.8. The Hall–Kier alpha value is -2.82. The fourth-order valence-electron chi connectivity index (χ4n) is 2.15. The highest BCUT2D eigenvalue weighted by atomic mass is 16.5. The predicted molar refractivity (Wildman–Crippen MR) is 90.0 cm³/mol. The van der Waals surface area contributed by atoms with Gasteiger partial charge in [0, 0.05) is 5.56 Å². The number of carbonyl (C=O) groups is 1. The lowest BCUT2D eigenvalue weighted by Gasteiger charge is -2.10. The van der Waals surface area contributed by atoms with Gasteiger partial charge in [-0.05, 0) is 44.0 Å². The molecule has 5 heteroatoms. The van der Waals surface area contributed by atoms with Crippen molar-refractivity contribution in [3.8, 4) is 11.5 Å². The van der Waals surface area contributed by atoms with Crippen molar-refractivity contribution in [2.24, 2.45) is 5.10 Å². The minimum absolute atomic E-state index is 0.111. The van der Waals surface area contributed by atoms with E-state index in [2.05, 4.69) is 10.5 Å². The zero-order valence-electron chi connectivity index (χ0n) is 13.5. The lowest BCUT2D eigenvalue weighted by Crippen LogP contribution is -2.25. The molecule has 120 valence electrons. The molecule has 2 aromatic carbocycles. The first-order valence-electron chi connectivity index (χ1n) is 7.28. The number of ether oxygens (including phenoxy) is 1. The van der Waals surface area contributed by atoms with E-state index in [1.54, 1.807) is 18.2 Å². The number of nitrogens with zero attached hydrogens (tertiary/aromatic N) is 1. The first-order valence-corrected chi connectivity index (χ1v) is 7.28. The molecule has 1 amide bonds. The summed E-state index contributed by atoms with van der Waals surface area (Å²) in [7, 11) is 0. The van der Waals surface area contributed by atoms with Gasteiger partial charge in [0.05, 0.1) is 6.21 Å². The van der Waals surface area contributed by atoms with Gasteiger partial charge in [0.15, 0.2) is 6.61 Å². The Morgan fingerprint density at radius 1 is 1.22 bits per heavy atom. The number of hydrazone groups is 1. The van der Waals surface area contributed by atoms with Crippen LogP contribution in [0.1, 0.15) is 22.3 Å². The van der Waals surface area contributed by atoms with E-state index in [9.17, 15) is 9.90 Å². The molecule has 2 rings (SSSR count). The molecule has 0 saturated heterocycles. The zero-order valence-corrected chi connectivity index (χ0v) is 13.5. The highest BCUT2D eigenvalue weighted by molar-refractivity contribution is 5.85. The van der Waals surface area contributed by atoms with Crippen molar-refractivity contribution in [2.75, 3.05) is 6.61 Å². The van der Waals surface area contributed by atoms with Crippen molar-refractivity contribution in [2.45, 2.75) is 20.8 Å². The molecule has 0 aliphatic carbocycles. The van der Waals surface area contributed by atoms with E-state index >= 15 is 0 Å². The van der Waals surface area contributed by atoms with Gasteiger partial charge in [0.1, 0.15) is 11.5 Å². The third-order valence-corrected chi connectivity index (χ3v) is 3.33. The molecular formula is C18H20N2O3. The van der Waals surface area contributed by atoms with Crippen LogP contribution in [-0.2, 0) is 4.79 Å². The second kappa shape index (κ2) is 7.45. The molecule has 0 aromatic heterocycles. The van der Waals surface area contributed by atoms with Crippen LogP contribution in [0.25, 0.3) is 0 Å². The third-order valence-electron chi connectivity index (χ3n) is 3.33. The number of hydrogen-bond acceptors (Lipinski definition) is 4. The van der Waals surface area contributed by atoms with Crippen LogP contribution >= 0.6 is 0 Å². The minimum atomic E-state index is -0.365. The van der Waals surface area contributed by atoms with Crippen LogP contribution in [0, 0.1) is 20.8 Å². The molecule has 0 heterocycles. The maximum Gasteiger partial charge on any atom is 0.277 e. The molecule has 0 fully saturated rings. The Morgan fingerprint density at radius 3 is 2.61 bits per heavy atom. The summed E-state index contributed by atoms with van der Waals surface area (Å²) in [5.41, 5.74) is 5.87. The van der Waals surface area contributed by atoms with Crippen LogP contribution < -0.4 is 10.2 Å². The van der Waals surface area contributed by atoms with Crippen LogP contribution in [0.5, 0.6) is 11.5 Å². The molecule has 0 unspecified atom stereocenters. The standard InChI is InChI=1S/C18H20N2O3/c1-12-7-8-16(21)15(9-12)10-19-20-17(22)11-23-18-13(2)5-4-6-14(18)3/h4-10,21H,11H2,1-3H3,(H,20,22)/b19-10-. The third kappa shape index (κ3) is 4.57. The molecule has 0 atom stereocenters. The van der Waals surface area contributed by atoms with Crippen molar-refractivity contribution in [3.63, 3.8) is 0 Å². The summed E-state index contributed by atoms with van der Waals surface area (Å²) in [5, 5.41) is 13.5. The van der Waals surface area contributed by atoms with E-state index in [4.69, 9.17) is 4.74 Å². The molecule has 2 aromatic rings. The van der Waals surface area contributed by atoms with Crippen LogP contribution in [0.3, 0.4) is 0 Å². The highest BCUT2D eigenvalue weighted by Crippen LogP contribution is 2.22. The number of amides is 1. The number of carbonyl (C=O) groups excluding carboxylic acids is 1. The predicted octanol–water partition coefficient (Wildman–Crippen LogP) is 2.85. The Bertz CT molecular complexity index is 719. The van der Waals surface area contributed by atoms with Crippen LogP contribution in [0.4, 0.5) is 0 Å². The molecule has 5 nitrogen and oxygen atoms in total. The van der Waals surface area contributed by atoms with Crippen molar-refractivity contribution in [1.29, 1.82) is 0 Å². The molecule has 0 aliphatic heterocycles. The van der Waals surface area contributed by atoms with Crippen LogP contribution in [0.2, 0.25) is 0 Å². The average molecular weight is 312 g/mol. The van der Waals surface area contributed by atoms with E-state index in [1.165, 1.54) is 6.21 Å². The van der Waals surface area contributed by atoms with Gasteiger partial charge in [0.25, 0.3) is 5.91 Å². The second-order valence-corrected chi connectivity index (χ2v) is 5.37. The van der Waals surface area contributed by atoms with Crippen molar-refractivity contribution in [1.82, 2.24) is 5.43 Å². The van der Waals surface area contributed by atoms with Crippen molar-refractivity contribution in [3.05, 3.63) is 58.7 Å². The number of rotatable bonds is 5. The number of aryl methyl sites for hydroxylation is 3. The summed E-state index contributed by atoms with van der Waals surface area (Å²) in [6.45, 7) is 5.65. The first-order chi connectivity index (χ1) is 11.0. The van der Waals surface area contributed by atoms with Gasteiger partial charge in [-0.25, -0.2) is 5.43 Å². The number of phenolic OH excluding ortho intramolecular Hbond substituents is 1. The quantitative estimate of drug-likeness (QED) is 0.659. The number of nitrogens with one attached hydrogen (secondary N) is 1. The number of benzene rings is 2. The Kier molecular flexibility index (Phi) is 5.36. The van der Waals surface area contributed by atoms with Gasteiger partial charge in [-0.3, -0.25) is 4.79 Å². The van der Waals surface area contributed by atoms with Crippen molar-refractivity contribution < 1.29 is 14.6 Å². The summed E-state index contributed by atoms with van der Waals surface area (Å²) in [6, 6.07) is 11.0. The molecular weight excluding hydrogens is 292 g/mol. The SMILES string of the molecule is Cc1ccc(O)c(/C=N\NC(=O)COc2c(C)cccc2C)c1. The summed E-state index contributed by atoms with van der Waals surface area (Å²) in [6.07, 6.45) is 1.40. The van der Waals surface area contributed by atoms with Crippen LogP contribution in [-0.4, -0.2) is 23.8 Å². The van der Waals surface area contributed by atoms with Crippen molar-refractivity contribution >= 4 is 12.1 Å². The lowest BCUT2D eigenvalue weighted by molar-refractivity contribution is -0.123. The van der Waals surface area contributed by atoms with Gasteiger partial charge in [-0.2, -0.15) is 5.10 Å². The average Bonchev–Trinajstić information content (AvgIpc) is 2.50. The Balaban J connectivity index is 1.90. The summed E-state index contributed by atoms with van der Waals surface area (Å²) < 4.78 is 5.54. The normalized spacial score (nSPS) is 10.7. The topological polar surface area (TPSA) is 70.9 Å². The molecule has 23 heavy (non-hydrogen) atoms. The largest absolute Gasteiger partial charge is 0.507 e.